The summed E-state index contributed by atoms with van der Waals surface area (Å²) in [5.41, 5.74) is -0.660. The molecule has 1 N–H and O–H groups in total. The van der Waals surface area contributed by atoms with Crippen molar-refractivity contribution in [2.75, 3.05) is 6.61 Å². The van der Waals surface area contributed by atoms with Gasteiger partial charge >= 0.3 is 0 Å². The van der Waals surface area contributed by atoms with E-state index in [1.54, 1.807) is 0 Å². The summed E-state index contributed by atoms with van der Waals surface area (Å²) in [6.45, 7) is 27.9. The molecule has 0 saturated heterocycles. The van der Waals surface area contributed by atoms with Gasteiger partial charge in [0.2, 0.25) is 0 Å². The molecule has 6 rings (SSSR count). The van der Waals surface area contributed by atoms with Crippen LogP contribution in [0.15, 0.2) is 133 Å². The normalized spacial score (nSPS) is 23.8. The minimum Gasteiger partial charge on any atom is -0.407 e. The molecule has 2 fully saturated rings. The first-order valence-corrected chi connectivity index (χ1v) is 25.5. The first kappa shape index (κ1) is 44.2. The van der Waals surface area contributed by atoms with Crippen LogP contribution in [0.1, 0.15) is 108 Å². The van der Waals surface area contributed by atoms with Crippen molar-refractivity contribution in [3.8, 4) is 0 Å². The highest BCUT2D eigenvalue weighted by atomic mass is 28.4. The Morgan fingerprint density at radius 3 is 1.52 bits per heavy atom. The van der Waals surface area contributed by atoms with Gasteiger partial charge < -0.3 is 14.0 Å². The van der Waals surface area contributed by atoms with Crippen LogP contribution in [0.3, 0.4) is 0 Å². The fraction of sp³-hybridized carbons (Fsp3) is 0.481. The first-order chi connectivity index (χ1) is 27.2. The highest BCUT2D eigenvalue weighted by Crippen LogP contribution is 2.62. The lowest BCUT2D eigenvalue weighted by Gasteiger charge is -2.60. The van der Waals surface area contributed by atoms with Gasteiger partial charge in [0, 0.05) is 18.9 Å². The van der Waals surface area contributed by atoms with E-state index in [2.05, 4.69) is 184 Å². The maximum absolute atomic E-state index is 15.2. The van der Waals surface area contributed by atoms with Crippen molar-refractivity contribution in [2.45, 2.75) is 130 Å². The lowest BCUT2D eigenvalue weighted by Crippen LogP contribution is -2.69. The minimum atomic E-state index is -2.96. The Bertz CT molecular complexity index is 1920. The molecule has 0 heterocycles. The van der Waals surface area contributed by atoms with Crippen LogP contribution >= 0.6 is 0 Å². The topological polar surface area (TPSA) is 55.8 Å². The third-order valence-electron chi connectivity index (χ3n) is 14.2. The van der Waals surface area contributed by atoms with Crippen LogP contribution in [0.25, 0.3) is 0 Å². The van der Waals surface area contributed by atoms with E-state index in [-0.39, 0.29) is 45.1 Å². The maximum Gasteiger partial charge on any atom is 0.261 e. The van der Waals surface area contributed by atoms with E-state index in [4.69, 9.17) is 15.4 Å². The Balaban J connectivity index is 1.33. The molecular formula is C52H70O4Si2. The molecule has 310 valence electrons. The van der Waals surface area contributed by atoms with E-state index in [1.165, 1.54) is 20.7 Å². The van der Waals surface area contributed by atoms with Crippen LogP contribution in [-0.2, 0) is 13.6 Å². The highest BCUT2D eigenvalue weighted by molar-refractivity contribution is 7.00. The predicted molar refractivity (Wildman–Crippen MR) is 247 cm³/mol. The lowest BCUT2D eigenvalue weighted by atomic mass is 9.46. The Hall–Kier alpha value is -3.40. The zero-order chi connectivity index (χ0) is 42.2. The second-order valence-corrected chi connectivity index (χ2v) is 29.4. The third-order valence-corrected chi connectivity index (χ3v) is 24.2. The maximum atomic E-state index is 15.2. The fourth-order valence-electron chi connectivity index (χ4n) is 11.4. The largest absolute Gasteiger partial charge is 0.407 e. The third kappa shape index (κ3) is 8.21. The van der Waals surface area contributed by atoms with Crippen LogP contribution in [-0.4, -0.2) is 45.8 Å². The average Bonchev–Trinajstić information content (AvgIpc) is 3.16. The molecule has 58 heavy (non-hydrogen) atoms. The molecule has 0 amide bonds. The molecule has 0 aromatic heterocycles. The molecule has 5 atom stereocenters. The van der Waals surface area contributed by atoms with Crippen LogP contribution in [0, 0.1) is 22.7 Å². The van der Waals surface area contributed by atoms with E-state index >= 15 is 4.79 Å². The fourth-order valence-corrected chi connectivity index (χ4v) is 20.7. The number of benzene rings is 4. The second-order valence-electron chi connectivity index (χ2n) is 20.8. The van der Waals surface area contributed by atoms with Crippen LogP contribution < -0.4 is 20.7 Å². The molecule has 4 nitrogen and oxygen atoms in total. The molecule has 6 heteroatoms. The smallest absolute Gasteiger partial charge is 0.261 e. The van der Waals surface area contributed by atoms with Gasteiger partial charge in [-0.15, -0.1) is 0 Å². The minimum absolute atomic E-state index is 0.0193. The van der Waals surface area contributed by atoms with Gasteiger partial charge in [-0.1, -0.05) is 197 Å². The van der Waals surface area contributed by atoms with Gasteiger partial charge in [-0.3, -0.25) is 4.79 Å². The number of carbonyl (C=O) groups is 1. The van der Waals surface area contributed by atoms with Gasteiger partial charge in [0.1, 0.15) is 5.78 Å². The molecule has 2 aliphatic carbocycles. The number of aliphatic hydroxyl groups is 1. The number of Topliss-reactive ketones (excluding diaryl/α,β-unsaturated/α-hetero) is 1. The Morgan fingerprint density at radius 1 is 0.690 bits per heavy atom. The van der Waals surface area contributed by atoms with Gasteiger partial charge in [-0.05, 0) is 85.8 Å². The molecule has 0 spiro atoms. The zero-order valence-corrected chi connectivity index (χ0v) is 39.1. The predicted octanol–water partition coefficient (Wildman–Crippen LogP) is 10.0. The number of hydrogen-bond acceptors (Lipinski definition) is 4. The summed E-state index contributed by atoms with van der Waals surface area (Å²) in [7, 11) is -5.77. The van der Waals surface area contributed by atoms with Crippen molar-refractivity contribution in [2.24, 2.45) is 22.7 Å². The number of ketones is 1. The van der Waals surface area contributed by atoms with E-state index in [9.17, 15) is 5.11 Å². The highest BCUT2D eigenvalue weighted by Gasteiger charge is 2.60. The monoisotopic (exact) mass is 814 g/mol. The van der Waals surface area contributed by atoms with E-state index < -0.39 is 28.2 Å². The van der Waals surface area contributed by atoms with Gasteiger partial charge in [0.05, 0.1) is 11.7 Å². The van der Waals surface area contributed by atoms with Gasteiger partial charge in [-0.2, -0.15) is 0 Å². The summed E-state index contributed by atoms with van der Waals surface area (Å²) in [5, 5.41) is 16.7. The summed E-state index contributed by atoms with van der Waals surface area (Å²) in [5.74, 6) is -0.112. The standard InChI is InChI=1S/C52H70O4Si2/c1-39-45(56-58(49(5,6)7,42-29-20-14-21-30-42)43-31-22-15-23-32-43)37-46-50(8,9)33-24-34-52(46,11)47(39)44(53)38-51(10,54)35-36-55-57(48(2,3)4,40-25-16-12-17-26-40)41-27-18-13-19-28-41/h12-23,25-32,45-47,54H,1,24,33-38H2,2-11H3/t45-,46+,47-,51+,52+/m1/s1. The molecular weight excluding hydrogens is 745 g/mol. The SMILES string of the molecule is C=C1[C@H](C(=O)C[C@@](C)(O)CCO[Si](c2ccccc2)(c2ccccc2)C(C)(C)C)[C@@]2(C)CCCC(C)(C)[C@@H]2C[C@H]1O[Si](c1ccccc1)(c1ccccc1)C(C)(C)C. The quantitative estimate of drug-likeness (QED) is 0.108. The Kier molecular flexibility index (Phi) is 12.6. The lowest BCUT2D eigenvalue weighted by molar-refractivity contribution is -0.142. The summed E-state index contributed by atoms with van der Waals surface area (Å²) in [4.78, 5) is 15.2. The first-order valence-electron chi connectivity index (χ1n) is 21.7. The van der Waals surface area contributed by atoms with E-state index in [0.29, 0.717) is 13.0 Å². The van der Waals surface area contributed by atoms with Crippen molar-refractivity contribution in [1.82, 2.24) is 0 Å². The van der Waals surface area contributed by atoms with Gasteiger partial charge in [0.25, 0.3) is 16.6 Å². The van der Waals surface area contributed by atoms with Gasteiger partial charge in [-0.25, -0.2) is 0 Å². The van der Waals surface area contributed by atoms with Crippen LogP contribution in [0.5, 0.6) is 0 Å². The summed E-state index contributed by atoms with van der Waals surface area (Å²) < 4.78 is 15.1. The summed E-state index contributed by atoms with van der Waals surface area (Å²) in [6, 6.07) is 42.8. The van der Waals surface area contributed by atoms with Crippen LogP contribution in [0.4, 0.5) is 0 Å². The van der Waals surface area contributed by atoms with Crippen molar-refractivity contribution < 1.29 is 18.8 Å². The van der Waals surface area contributed by atoms with Crippen LogP contribution in [0.2, 0.25) is 10.1 Å². The number of hydrogen-bond donors (Lipinski definition) is 1. The Morgan fingerprint density at radius 2 is 1.10 bits per heavy atom. The molecule has 4 aromatic rings. The number of carbonyl (C=O) groups excluding carboxylic acids is 1. The summed E-state index contributed by atoms with van der Waals surface area (Å²) >= 11 is 0. The van der Waals surface area contributed by atoms with Crippen molar-refractivity contribution >= 4 is 43.2 Å². The molecule has 0 aliphatic heterocycles. The van der Waals surface area contributed by atoms with Crippen molar-refractivity contribution in [1.29, 1.82) is 0 Å². The number of rotatable bonds is 13. The average molecular weight is 815 g/mol. The van der Waals surface area contributed by atoms with Crippen molar-refractivity contribution in [3.05, 3.63) is 133 Å². The Labute approximate surface area is 352 Å². The zero-order valence-electron chi connectivity index (χ0n) is 37.1. The molecule has 0 bridgehead atoms. The molecule has 4 aromatic carbocycles. The van der Waals surface area contributed by atoms with Gasteiger partial charge in [0.15, 0.2) is 0 Å². The number of fused-ring (bicyclic) bond motifs is 1. The van der Waals surface area contributed by atoms with E-state index in [0.717, 1.165) is 31.3 Å². The molecule has 0 unspecified atom stereocenters. The molecule has 2 saturated carbocycles. The molecule has 2 aliphatic rings. The van der Waals surface area contributed by atoms with E-state index in [1.807, 2.05) is 6.92 Å². The second kappa shape index (κ2) is 16.6. The summed E-state index contributed by atoms with van der Waals surface area (Å²) in [6.07, 6.45) is 4.05. The van der Waals surface area contributed by atoms with Crippen molar-refractivity contribution in [3.63, 3.8) is 0 Å². The molecule has 0 radical (unpaired) electrons.